The zero-order valence-electron chi connectivity index (χ0n) is 10.9. The third kappa shape index (κ3) is 2.67. The summed E-state index contributed by atoms with van der Waals surface area (Å²) in [6, 6.07) is 0. The number of rotatable bonds is 1. The second-order valence-electron chi connectivity index (χ2n) is 5.98. The topological polar surface area (TPSA) is 18.5 Å². The zero-order valence-corrected chi connectivity index (χ0v) is 10.9. The summed E-state index contributed by atoms with van der Waals surface area (Å²) in [6.45, 7) is 8.79. The van der Waals surface area contributed by atoms with Gasteiger partial charge in [-0.2, -0.15) is 0 Å². The molecule has 16 heavy (non-hydrogen) atoms. The summed E-state index contributed by atoms with van der Waals surface area (Å²) in [4.78, 5) is 0. The van der Waals surface area contributed by atoms with E-state index in [0.717, 1.165) is 19.3 Å². The van der Waals surface area contributed by atoms with Crippen molar-refractivity contribution in [3.8, 4) is 0 Å². The third-order valence-electron chi connectivity index (χ3n) is 3.74. The third-order valence-corrected chi connectivity index (χ3v) is 3.74. The van der Waals surface area contributed by atoms with Gasteiger partial charge in [0.25, 0.3) is 0 Å². The van der Waals surface area contributed by atoms with E-state index in [2.05, 4.69) is 39.8 Å². The van der Waals surface area contributed by atoms with E-state index in [-0.39, 0.29) is 11.9 Å². The minimum absolute atomic E-state index is 0.0151. The number of allylic oxidation sites excluding steroid dienone is 2. The summed E-state index contributed by atoms with van der Waals surface area (Å²) < 4.78 is 12.1. The Hall–Kier alpha value is -0.340. The molecule has 0 aromatic carbocycles. The predicted molar refractivity (Wildman–Crippen MR) is 65.1 cm³/mol. The van der Waals surface area contributed by atoms with Crippen molar-refractivity contribution < 1.29 is 9.47 Å². The highest BCUT2D eigenvalue weighted by Crippen LogP contribution is 2.37. The van der Waals surface area contributed by atoms with Crippen molar-refractivity contribution in [2.75, 3.05) is 0 Å². The largest absolute Gasteiger partial charge is 0.349 e. The average Bonchev–Trinajstić information content (AvgIpc) is 2.15. The summed E-state index contributed by atoms with van der Waals surface area (Å²) in [5, 5.41) is 0. The molecule has 1 fully saturated rings. The van der Waals surface area contributed by atoms with E-state index in [1.54, 1.807) is 0 Å². The van der Waals surface area contributed by atoms with Crippen LogP contribution in [0.15, 0.2) is 12.2 Å². The molecule has 0 aromatic heterocycles. The lowest BCUT2D eigenvalue weighted by molar-refractivity contribution is -0.292. The molecule has 0 radical (unpaired) electrons. The van der Waals surface area contributed by atoms with Crippen LogP contribution in [0.4, 0.5) is 0 Å². The van der Waals surface area contributed by atoms with Crippen molar-refractivity contribution in [2.45, 2.75) is 65.0 Å². The van der Waals surface area contributed by atoms with Gasteiger partial charge in [-0.25, -0.2) is 0 Å². The highest BCUT2D eigenvalue weighted by molar-refractivity contribution is 4.95. The second-order valence-corrected chi connectivity index (χ2v) is 5.98. The quantitative estimate of drug-likeness (QED) is 0.634. The van der Waals surface area contributed by atoms with Crippen molar-refractivity contribution in [1.82, 2.24) is 0 Å². The first kappa shape index (κ1) is 12.1. The van der Waals surface area contributed by atoms with Crippen molar-refractivity contribution >= 4 is 0 Å². The molecular formula is C14H24O2. The van der Waals surface area contributed by atoms with Crippen molar-refractivity contribution in [2.24, 2.45) is 11.8 Å². The first-order valence-corrected chi connectivity index (χ1v) is 6.46. The molecule has 2 aliphatic rings. The summed E-state index contributed by atoms with van der Waals surface area (Å²) >= 11 is 0. The van der Waals surface area contributed by atoms with Gasteiger partial charge < -0.3 is 9.47 Å². The van der Waals surface area contributed by atoms with E-state index in [1.807, 2.05) is 0 Å². The number of hydrogen-bond donors (Lipinski definition) is 0. The van der Waals surface area contributed by atoms with Gasteiger partial charge in [-0.1, -0.05) is 19.1 Å². The van der Waals surface area contributed by atoms with Crippen molar-refractivity contribution in [3.63, 3.8) is 0 Å². The molecule has 4 atom stereocenters. The molecule has 0 aromatic rings. The molecule has 0 amide bonds. The molecule has 2 heteroatoms. The maximum absolute atomic E-state index is 6.10. The molecule has 1 heterocycles. The van der Waals surface area contributed by atoms with Crippen molar-refractivity contribution in [1.29, 1.82) is 0 Å². The average molecular weight is 224 g/mol. The van der Waals surface area contributed by atoms with Gasteiger partial charge in [0.15, 0.2) is 6.29 Å². The number of ether oxygens (including phenoxy) is 2. The molecule has 0 saturated carbocycles. The monoisotopic (exact) mass is 224 g/mol. The van der Waals surface area contributed by atoms with Gasteiger partial charge in [0.05, 0.1) is 11.7 Å². The molecule has 0 spiro atoms. The Kier molecular flexibility index (Phi) is 3.41. The summed E-state index contributed by atoms with van der Waals surface area (Å²) in [7, 11) is 0. The van der Waals surface area contributed by atoms with Crippen LogP contribution in [0, 0.1) is 11.8 Å². The molecule has 0 N–H and O–H groups in total. The van der Waals surface area contributed by atoms with Crippen LogP contribution in [0.2, 0.25) is 0 Å². The second kappa shape index (κ2) is 4.50. The van der Waals surface area contributed by atoms with Gasteiger partial charge in [-0.3, -0.25) is 0 Å². The Labute approximate surface area is 99.0 Å². The van der Waals surface area contributed by atoms with Crippen LogP contribution in [0.1, 0.15) is 47.0 Å². The summed E-state index contributed by atoms with van der Waals surface area (Å²) in [5.74, 6) is 1.18. The molecule has 1 aliphatic heterocycles. The van der Waals surface area contributed by atoms with Gasteiger partial charge in [-0.05, 0) is 39.5 Å². The van der Waals surface area contributed by atoms with E-state index < -0.39 is 0 Å². The van der Waals surface area contributed by atoms with E-state index in [1.165, 1.54) is 0 Å². The molecule has 2 nitrogen and oxygen atoms in total. The standard InChI is InChI=1S/C14H24O2/c1-10-7-5-6-8-12(10)13-15-11(2)9-14(3,4)16-13/h5-6,10-13H,7-9H2,1-4H3/t10-,11-,12-,13-/m1/s1. The maximum atomic E-state index is 6.10. The minimum atomic E-state index is -0.0385. The Balaban J connectivity index is 2.05. The Morgan fingerprint density at radius 2 is 1.81 bits per heavy atom. The highest BCUT2D eigenvalue weighted by atomic mass is 16.7. The molecule has 0 unspecified atom stereocenters. The van der Waals surface area contributed by atoms with Crippen LogP contribution < -0.4 is 0 Å². The molecular weight excluding hydrogens is 200 g/mol. The van der Waals surface area contributed by atoms with E-state index in [4.69, 9.17) is 9.47 Å². The molecule has 2 rings (SSSR count). The van der Waals surface area contributed by atoms with Crippen LogP contribution in [-0.2, 0) is 9.47 Å². The lowest BCUT2D eigenvalue weighted by Crippen LogP contribution is -2.47. The predicted octanol–water partition coefficient (Wildman–Crippen LogP) is 3.52. The van der Waals surface area contributed by atoms with Gasteiger partial charge in [-0.15, -0.1) is 0 Å². The zero-order chi connectivity index (χ0) is 11.8. The van der Waals surface area contributed by atoms with Gasteiger partial charge >= 0.3 is 0 Å². The van der Waals surface area contributed by atoms with Gasteiger partial charge in [0.1, 0.15) is 0 Å². The van der Waals surface area contributed by atoms with Crippen molar-refractivity contribution in [3.05, 3.63) is 12.2 Å². The fraction of sp³-hybridized carbons (Fsp3) is 0.857. The molecule has 0 bridgehead atoms. The fourth-order valence-corrected chi connectivity index (χ4v) is 2.90. The van der Waals surface area contributed by atoms with E-state index >= 15 is 0 Å². The number of hydrogen-bond acceptors (Lipinski definition) is 2. The van der Waals surface area contributed by atoms with Crippen LogP contribution in [0.5, 0.6) is 0 Å². The van der Waals surface area contributed by atoms with Crippen LogP contribution in [0.25, 0.3) is 0 Å². The fourth-order valence-electron chi connectivity index (χ4n) is 2.90. The lowest BCUT2D eigenvalue weighted by atomic mass is 9.83. The highest BCUT2D eigenvalue weighted by Gasteiger charge is 2.39. The first-order chi connectivity index (χ1) is 7.48. The SMILES string of the molecule is C[C@@H]1CC(C)(C)O[C@H]([C@@H]2CC=CC[C@H]2C)O1. The Bertz CT molecular complexity index is 270. The Morgan fingerprint density at radius 1 is 1.12 bits per heavy atom. The summed E-state index contributed by atoms with van der Waals surface area (Å²) in [6.07, 6.45) is 8.07. The molecule has 1 aliphatic carbocycles. The molecule has 1 saturated heterocycles. The van der Waals surface area contributed by atoms with Crippen LogP contribution >= 0.6 is 0 Å². The van der Waals surface area contributed by atoms with Gasteiger partial charge in [0.2, 0.25) is 0 Å². The smallest absolute Gasteiger partial charge is 0.161 e. The van der Waals surface area contributed by atoms with Crippen LogP contribution in [-0.4, -0.2) is 18.0 Å². The van der Waals surface area contributed by atoms with E-state index in [0.29, 0.717) is 17.9 Å². The minimum Gasteiger partial charge on any atom is -0.349 e. The first-order valence-electron chi connectivity index (χ1n) is 6.46. The maximum Gasteiger partial charge on any atom is 0.161 e. The summed E-state index contributed by atoms with van der Waals surface area (Å²) in [5.41, 5.74) is -0.0385. The molecule has 92 valence electrons. The van der Waals surface area contributed by atoms with Crippen LogP contribution in [0.3, 0.4) is 0 Å². The van der Waals surface area contributed by atoms with Gasteiger partial charge in [0, 0.05) is 12.3 Å². The van der Waals surface area contributed by atoms with E-state index in [9.17, 15) is 0 Å². The normalized spacial score (nSPS) is 43.2. The Morgan fingerprint density at radius 3 is 2.44 bits per heavy atom. The lowest BCUT2D eigenvalue weighted by Gasteiger charge is -2.44.